The smallest absolute Gasteiger partial charge is 0.293 e. The summed E-state index contributed by atoms with van der Waals surface area (Å²) in [5.74, 6) is -1.21. The summed E-state index contributed by atoms with van der Waals surface area (Å²) in [5.41, 5.74) is 3.40. The molecule has 348 valence electrons. The molecular weight excluding hydrogens is 868 g/mol. The topological polar surface area (TPSA) is 201 Å². The van der Waals surface area contributed by atoms with Gasteiger partial charge < -0.3 is 34.5 Å². The molecule has 0 spiro atoms. The van der Waals surface area contributed by atoms with E-state index in [0.717, 1.165) is 85.5 Å². The Balaban J connectivity index is 0.763. The lowest BCUT2D eigenvalue weighted by Gasteiger charge is -2.50. The van der Waals surface area contributed by atoms with Crippen LogP contribution < -0.4 is 36.0 Å². The number of carbonyl (C=O) groups is 5. The maximum atomic E-state index is 13.6. The van der Waals surface area contributed by atoms with Gasteiger partial charge in [0, 0.05) is 81.1 Å². The number of amides is 5. The first-order valence-electron chi connectivity index (χ1n) is 22.8. The number of hydrogen-bond acceptors (Lipinski definition) is 14. The van der Waals surface area contributed by atoms with Crippen LogP contribution in [0.15, 0.2) is 47.4 Å². The Morgan fingerprint density at radius 2 is 1.73 bits per heavy atom. The molecule has 1 saturated carbocycles. The highest BCUT2D eigenvalue weighted by molar-refractivity contribution is 6.33. The molecule has 9 rings (SSSR count). The van der Waals surface area contributed by atoms with Crippen molar-refractivity contribution in [3.05, 3.63) is 74.7 Å². The Hall–Kier alpha value is -6.11. The number of ether oxygens (including phenoxy) is 2. The fourth-order valence-electron chi connectivity index (χ4n) is 10.1. The molecule has 3 saturated heterocycles. The van der Waals surface area contributed by atoms with Gasteiger partial charge in [0.25, 0.3) is 23.3 Å². The van der Waals surface area contributed by atoms with Crippen molar-refractivity contribution in [3.8, 4) is 5.75 Å². The number of piperidine rings is 2. The molecule has 0 unspecified atom stereocenters. The summed E-state index contributed by atoms with van der Waals surface area (Å²) in [6.45, 7) is 11.5. The summed E-state index contributed by atoms with van der Waals surface area (Å²) in [6, 6.07) is 10.4. The van der Waals surface area contributed by atoms with Gasteiger partial charge in [-0.2, -0.15) is 4.98 Å². The van der Waals surface area contributed by atoms with Crippen LogP contribution in [0.1, 0.15) is 91.6 Å². The van der Waals surface area contributed by atoms with Crippen LogP contribution in [0.4, 0.5) is 23.1 Å². The highest BCUT2D eigenvalue weighted by atomic mass is 35.5. The van der Waals surface area contributed by atoms with Crippen molar-refractivity contribution in [2.24, 2.45) is 0 Å². The molecule has 0 radical (unpaired) electrons. The minimum absolute atomic E-state index is 0.0806. The van der Waals surface area contributed by atoms with Crippen molar-refractivity contribution in [3.63, 3.8) is 0 Å². The van der Waals surface area contributed by atoms with Crippen LogP contribution in [-0.4, -0.2) is 131 Å². The molecule has 4 fully saturated rings. The normalized spacial score (nSPS) is 22.7. The fraction of sp³-hybridized carbons (Fsp3) is 0.489. The second kappa shape index (κ2) is 18.3. The molecule has 5 aliphatic rings. The number of anilines is 4. The van der Waals surface area contributed by atoms with E-state index in [4.69, 9.17) is 26.1 Å². The van der Waals surface area contributed by atoms with Crippen molar-refractivity contribution in [1.29, 1.82) is 0 Å². The summed E-state index contributed by atoms with van der Waals surface area (Å²) in [4.78, 5) is 93.8. The predicted octanol–water partition coefficient (Wildman–Crippen LogP) is 4.33. The minimum atomic E-state index is -0.993. The summed E-state index contributed by atoms with van der Waals surface area (Å²) in [5, 5.41) is 9.20. The van der Waals surface area contributed by atoms with Crippen LogP contribution in [0.3, 0.4) is 0 Å². The number of carbonyl (C=O) groups excluding carboxylic acids is 5. The van der Waals surface area contributed by atoms with E-state index in [9.17, 15) is 28.8 Å². The first-order chi connectivity index (χ1) is 31.7. The Labute approximate surface area is 386 Å². The van der Waals surface area contributed by atoms with Crippen LogP contribution in [0, 0.1) is 6.92 Å². The molecule has 2 aromatic carbocycles. The van der Waals surface area contributed by atoms with Gasteiger partial charge in [-0.1, -0.05) is 11.6 Å². The van der Waals surface area contributed by atoms with E-state index in [1.54, 1.807) is 22.9 Å². The SMILES string of the molecule is CNC(=O)COc1cc2cc(Nc3nc(N4CCC(OC5CC(N6CCN(c7ccc8c(c7C)C(=O)N([C@@H]7CCC(=O)NC7=O)C8=O)C[C@@H]6C)C5)CC4)ncc3Cl)ccc2n(C(C)C)c1=O. The third-order valence-electron chi connectivity index (χ3n) is 13.7. The van der Waals surface area contributed by atoms with Gasteiger partial charge in [-0.15, -0.1) is 0 Å². The molecule has 4 aliphatic heterocycles. The Morgan fingerprint density at radius 1 is 0.955 bits per heavy atom. The standard InChI is InChI=1S/C47H55ClN10O8/c1-25(2)57-36-8-6-29(18-28(36)19-38(45(57)63)65-24-40(60)49-5)51-42-34(48)22-50-47(53-42)54-14-12-31(13-15-54)66-32-20-30(21-32)56-17-16-55(23-26(56)3)35-9-7-33-41(27(35)4)46(64)58(44(33)62)37-10-11-39(59)52-43(37)61/h6-9,18-19,22,25-26,30-32,37H,10-17,20-21,23-24H2,1-5H3,(H,49,60)(H,50,51,53)(H,52,59,61)/t26-,30?,32?,37+/m0/s1. The molecule has 4 aromatic rings. The van der Waals surface area contributed by atoms with Gasteiger partial charge in [0.15, 0.2) is 18.2 Å². The van der Waals surface area contributed by atoms with E-state index in [1.165, 1.54) is 7.05 Å². The summed E-state index contributed by atoms with van der Waals surface area (Å²) in [6.07, 6.45) is 5.77. The van der Waals surface area contributed by atoms with E-state index in [2.05, 4.69) is 42.6 Å². The molecule has 0 bridgehead atoms. The largest absolute Gasteiger partial charge is 0.478 e. The van der Waals surface area contributed by atoms with Crippen molar-refractivity contribution >= 4 is 75.2 Å². The van der Waals surface area contributed by atoms with E-state index >= 15 is 0 Å². The summed E-state index contributed by atoms with van der Waals surface area (Å²) < 4.78 is 13.9. The average Bonchev–Trinajstić information content (AvgIpc) is 3.53. The minimum Gasteiger partial charge on any atom is -0.478 e. The lowest BCUT2D eigenvalue weighted by Crippen LogP contribution is -2.60. The van der Waals surface area contributed by atoms with Gasteiger partial charge >= 0.3 is 0 Å². The van der Waals surface area contributed by atoms with Gasteiger partial charge in [-0.05, 0) is 102 Å². The first kappa shape index (κ1) is 45.1. The number of rotatable bonds is 12. The van der Waals surface area contributed by atoms with Crippen molar-refractivity contribution < 1.29 is 33.4 Å². The molecular formula is C47H55ClN10O8. The number of imide groups is 2. The number of pyridine rings is 1. The second-order valence-electron chi connectivity index (χ2n) is 18.2. The molecule has 19 heteroatoms. The van der Waals surface area contributed by atoms with Gasteiger partial charge in [-0.25, -0.2) is 4.98 Å². The zero-order chi connectivity index (χ0) is 46.6. The molecule has 6 heterocycles. The number of hydrogen-bond donors (Lipinski definition) is 3. The first-order valence-corrected chi connectivity index (χ1v) is 23.1. The molecule has 2 aromatic heterocycles. The van der Waals surface area contributed by atoms with Gasteiger partial charge in [-0.3, -0.25) is 43.9 Å². The molecule has 3 N–H and O–H groups in total. The lowest BCUT2D eigenvalue weighted by molar-refractivity contribution is -0.136. The van der Waals surface area contributed by atoms with E-state index in [0.29, 0.717) is 39.6 Å². The molecule has 18 nitrogen and oxygen atoms in total. The summed E-state index contributed by atoms with van der Waals surface area (Å²) >= 11 is 6.61. The molecule has 5 amide bonds. The van der Waals surface area contributed by atoms with Crippen LogP contribution in [0.5, 0.6) is 5.75 Å². The van der Waals surface area contributed by atoms with Crippen molar-refractivity contribution in [2.75, 3.05) is 61.5 Å². The highest BCUT2D eigenvalue weighted by Crippen LogP contribution is 2.38. The number of nitrogens with one attached hydrogen (secondary N) is 3. The number of nitrogens with zero attached hydrogens (tertiary/aromatic N) is 7. The Morgan fingerprint density at radius 3 is 2.44 bits per heavy atom. The van der Waals surface area contributed by atoms with Crippen LogP contribution in [-0.2, 0) is 19.1 Å². The molecule has 1 aliphatic carbocycles. The quantitative estimate of drug-likeness (QED) is 0.170. The third-order valence-corrected chi connectivity index (χ3v) is 13.9. The van der Waals surface area contributed by atoms with E-state index in [1.807, 2.05) is 45.0 Å². The zero-order valence-corrected chi connectivity index (χ0v) is 38.5. The van der Waals surface area contributed by atoms with Crippen LogP contribution in [0.2, 0.25) is 5.02 Å². The zero-order valence-electron chi connectivity index (χ0n) is 37.8. The Kier molecular flexibility index (Phi) is 12.5. The molecule has 2 atom stereocenters. The predicted molar refractivity (Wildman–Crippen MR) is 248 cm³/mol. The Bertz CT molecular complexity index is 2680. The number of likely N-dealkylation sites (N-methyl/N-ethyl adjacent to an activating group) is 1. The fourth-order valence-corrected chi connectivity index (χ4v) is 10.3. The maximum Gasteiger partial charge on any atom is 0.293 e. The average molecular weight is 923 g/mol. The lowest BCUT2D eigenvalue weighted by atomic mass is 9.86. The van der Waals surface area contributed by atoms with E-state index in [-0.39, 0.29) is 61.0 Å². The van der Waals surface area contributed by atoms with Gasteiger partial charge in [0.1, 0.15) is 11.1 Å². The number of halogens is 1. The van der Waals surface area contributed by atoms with Crippen molar-refractivity contribution in [2.45, 2.75) is 103 Å². The number of piperazine rings is 1. The number of fused-ring (bicyclic) bond motifs is 2. The van der Waals surface area contributed by atoms with Crippen LogP contribution in [0.25, 0.3) is 10.9 Å². The van der Waals surface area contributed by atoms with Crippen molar-refractivity contribution in [1.82, 2.24) is 35.0 Å². The van der Waals surface area contributed by atoms with Crippen LogP contribution >= 0.6 is 11.6 Å². The summed E-state index contributed by atoms with van der Waals surface area (Å²) in [7, 11) is 1.51. The molecule has 66 heavy (non-hydrogen) atoms. The van der Waals surface area contributed by atoms with Gasteiger partial charge in [0.2, 0.25) is 17.8 Å². The van der Waals surface area contributed by atoms with Gasteiger partial charge in [0.05, 0.1) is 35.0 Å². The highest BCUT2D eigenvalue weighted by Gasteiger charge is 2.46. The number of benzene rings is 2. The monoisotopic (exact) mass is 922 g/mol. The second-order valence-corrected chi connectivity index (χ2v) is 18.6. The maximum absolute atomic E-state index is 13.6. The van der Waals surface area contributed by atoms with E-state index < -0.39 is 29.7 Å². The third kappa shape index (κ3) is 8.57. The number of aromatic nitrogens is 3.